The Kier molecular flexibility index (Phi) is 3.47. The molecule has 4 atom stereocenters. The van der Waals surface area contributed by atoms with Gasteiger partial charge in [-0.15, -0.1) is 0 Å². The highest BCUT2D eigenvalue weighted by Gasteiger charge is 2.53. The molecule has 4 heteroatoms. The number of carbonyl (C=O) groups excluding carboxylic acids is 1. The Bertz CT molecular complexity index is 514. The van der Waals surface area contributed by atoms with Gasteiger partial charge in [-0.3, -0.25) is 9.59 Å². The third kappa shape index (κ3) is 2.30. The predicted molar refractivity (Wildman–Crippen MR) is 73.7 cm³/mol. The van der Waals surface area contributed by atoms with E-state index in [-0.39, 0.29) is 23.7 Å². The van der Waals surface area contributed by atoms with E-state index in [1.807, 2.05) is 30.3 Å². The second-order valence-corrected chi connectivity index (χ2v) is 5.93. The van der Waals surface area contributed by atoms with Crippen molar-refractivity contribution in [2.75, 3.05) is 0 Å². The summed E-state index contributed by atoms with van der Waals surface area (Å²) in [6.45, 7) is 0.472. The van der Waals surface area contributed by atoms with E-state index in [0.29, 0.717) is 6.54 Å². The number of fused-ring (bicyclic) bond motifs is 2. The highest BCUT2D eigenvalue weighted by Crippen LogP contribution is 2.52. The van der Waals surface area contributed by atoms with E-state index in [9.17, 15) is 14.7 Å². The van der Waals surface area contributed by atoms with Gasteiger partial charge in [0.25, 0.3) is 0 Å². The zero-order chi connectivity index (χ0) is 14.1. The number of aliphatic carboxylic acids is 1. The molecular weight excluding hydrogens is 254 g/mol. The second-order valence-electron chi connectivity index (χ2n) is 5.93. The van der Waals surface area contributed by atoms with Gasteiger partial charge < -0.3 is 10.4 Å². The quantitative estimate of drug-likeness (QED) is 0.882. The molecule has 0 heterocycles. The Hall–Kier alpha value is -1.84. The second kappa shape index (κ2) is 5.27. The first-order chi connectivity index (χ1) is 9.66. The topological polar surface area (TPSA) is 66.4 Å². The van der Waals surface area contributed by atoms with Crippen molar-refractivity contribution >= 4 is 11.9 Å². The fourth-order valence-corrected chi connectivity index (χ4v) is 3.93. The van der Waals surface area contributed by atoms with Gasteiger partial charge in [-0.25, -0.2) is 0 Å². The largest absolute Gasteiger partial charge is 0.481 e. The maximum atomic E-state index is 12.3. The summed E-state index contributed by atoms with van der Waals surface area (Å²) in [7, 11) is 0. The molecule has 2 aliphatic rings. The molecule has 2 N–H and O–H groups in total. The third-order valence-electron chi connectivity index (χ3n) is 4.81. The average Bonchev–Trinajstić information content (AvgIpc) is 3.06. The number of carbonyl (C=O) groups is 2. The summed E-state index contributed by atoms with van der Waals surface area (Å²) >= 11 is 0. The van der Waals surface area contributed by atoms with Crippen LogP contribution in [0.2, 0.25) is 0 Å². The van der Waals surface area contributed by atoms with Gasteiger partial charge in [-0.05, 0) is 36.7 Å². The summed E-state index contributed by atoms with van der Waals surface area (Å²) in [4.78, 5) is 23.7. The number of amides is 1. The maximum absolute atomic E-state index is 12.3. The van der Waals surface area contributed by atoms with E-state index in [2.05, 4.69) is 5.32 Å². The van der Waals surface area contributed by atoms with Crippen LogP contribution in [0.15, 0.2) is 30.3 Å². The van der Waals surface area contributed by atoms with Crippen LogP contribution in [0.1, 0.15) is 24.8 Å². The SMILES string of the molecule is O=C(O)[C@@H]1[C@H]2CC[C@@H](C2)[C@H]1C(=O)NCc1ccccc1. The molecule has 1 aromatic carbocycles. The first kappa shape index (κ1) is 13.2. The highest BCUT2D eigenvalue weighted by atomic mass is 16.4. The van der Waals surface area contributed by atoms with Crippen molar-refractivity contribution in [1.29, 1.82) is 0 Å². The van der Waals surface area contributed by atoms with Crippen molar-refractivity contribution in [2.45, 2.75) is 25.8 Å². The molecule has 0 aromatic heterocycles. The summed E-state index contributed by atoms with van der Waals surface area (Å²) in [5, 5.41) is 12.3. The van der Waals surface area contributed by atoms with Crippen molar-refractivity contribution in [3.05, 3.63) is 35.9 Å². The molecule has 0 aliphatic heterocycles. The molecular formula is C16H19NO3. The van der Waals surface area contributed by atoms with Gasteiger partial charge in [0.2, 0.25) is 5.91 Å². The molecule has 0 radical (unpaired) electrons. The summed E-state index contributed by atoms with van der Waals surface area (Å²) in [6, 6.07) is 9.70. The molecule has 0 spiro atoms. The first-order valence-electron chi connectivity index (χ1n) is 7.21. The number of benzene rings is 1. The van der Waals surface area contributed by atoms with E-state index in [0.717, 1.165) is 24.8 Å². The van der Waals surface area contributed by atoms with Crippen LogP contribution < -0.4 is 5.32 Å². The van der Waals surface area contributed by atoms with Gasteiger partial charge in [-0.2, -0.15) is 0 Å². The van der Waals surface area contributed by atoms with Crippen molar-refractivity contribution in [3.8, 4) is 0 Å². The van der Waals surface area contributed by atoms with Crippen molar-refractivity contribution in [3.63, 3.8) is 0 Å². The van der Waals surface area contributed by atoms with Crippen LogP contribution >= 0.6 is 0 Å². The van der Waals surface area contributed by atoms with Gasteiger partial charge in [0.1, 0.15) is 0 Å². The zero-order valence-electron chi connectivity index (χ0n) is 11.3. The summed E-state index contributed by atoms with van der Waals surface area (Å²) in [6.07, 6.45) is 2.86. The standard InChI is InChI=1S/C16H19NO3/c18-15(17-9-10-4-2-1-3-5-10)13-11-6-7-12(8-11)14(13)16(19)20/h1-5,11-14H,6-9H2,(H,17,18)(H,19,20)/t11-,12-,13+,14+/m0/s1. The zero-order valence-corrected chi connectivity index (χ0v) is 11.3. The summed E-state index contributed by atoms with van der Waals surface area (Å²) in [5.41, 5.74) is 1.04. The lowest BCUT2D eigenvalue weighted by atomic mass is 9.78. The number of nitrogens with one attached hydrogen (secondary N) is 1. The number of rotatable bonds is 4. The fraction of sp³-hybridized carbons (Fsp3) is 0.500. The molecule has 2 aliphatic carbocycles. The number of hydrogen-bond acceptors (Lipinski definition) is 2. The van der Waals surface area contributed by atoms with Gasteiger partial charge in [0.05, 0.1) is 11.8 Å². The average molecular weight is 273 g/mol. The number of hydrogen-bond donors (Lipinski definition) is 2. The lowest BCUT2D eigenvalue weighted by Crippen LogP contribution is -2.41. The molecule has 1 amide bonds. The van der Waals surface area contributed by atoms with Crippen LogP contribution in [0.5, 0.6) is 0 Å². The Morgan fingerprint density at radius 1 is 1.10 bits per heavy atom. The third-order valence-corrected chi connectivity index (χ3v) is 4.81. The molecule has 0 saturated heterocycles. The predicted octanol–water partition coefficient (Wildman–Crippen LogP) is 2.05. The van der Waals surface area contributed by atoms with Crippen LogP contribution in [-0.4, -0.2) is 17.0 Å². The lowest BCUT2D eigenvalue weighted by Gasteiger charge is -2.27. The summed E-state index contributed by atoms with van der Waals surface area (Å²) < 4.78 is 0. The van der Waals surface area contributed by atoms with Crippen molar-refractivity contribution in [1.82, 2.24) is 5.32 Å². The minimum absolute atomic E-state index is 0.0894. The van der Waals surface area contributed by atoms with Crippen molar-refractivity contribution in [2.24, 2.45) is 23.7 Å². The van der Waals surface area contributed by atoms with E-state index in [1.54, 1.807) is 0 Å². The Morgan fingerprint density at radius 3 is 2.40 bits per heavy atom. The van der Waals surface area contributed by atoms with Gasteiger partial charge >= 0.3 is 5.97 Å². The molecule has 106 valence electrons. The number of carboxylic acid groups (broad SMARTS) is 1. The van der Waals surface area contributed by atoms with Crippen LogP contribution in [0.25, 0.3) is 0 Å². The van der Waals surface area contributed by atoms with E-state index in [4.69, 9.17) is 0 Å². The molecule has 2 bridgehead atoms. The number of carboxylic acids is 1. The van der Waals surface area contributed by atoms with E-state index < -0.39 is 11.9 Å². The molecule has 1 aromatic rings. The molecule has 3 rings (SSSR count). The van der Waals surface area contributed by atoms with E-state index >= 15 is 0 Å². The van der Waals surface area contributed by atoms with Crippen LogP contribution in [0, 0.1) is 23.7 Å². The Morgan fingerprint density at radius 2 is 1.75 bits per heavy atom. The van der Waals surface area contributed by atoms with Crippen LogP contribution in [-0.2, 0) is 16.1 Å². The fourth-order valence-electron chi connectivity index (χ4n) is 3.93. The molecule has 2 fully saturated rings. The minimum Gasteiger partial charge on any atom is -0.481 e. The summed E-state index contributed by atoms with van der Waals surface area (Å²) in [5.74, 6) is -1.26. The molecule has 2 saturated carbocycles. The van der Waals surface area contributed by atoms with E-state index in [1.165, 1.54) is 0 Å². The van der Waals surface area contributed by atoms with Crippen molar-refractivity contribution < 1.29 is 14.7 Å². The smallest absolute Gasteiger partial charge is 0.307 e. The maximum Gasteiger partial charge on any atom is 0.307 e. The van der Waals surface area contributed by atoms with Crippen LogP contribution in [0.3, 0.4) is 0 Å². The van der Waals surface area contributed by atoms with Gasteiger partial charge in [0.15, 0.2) is 0 Å². The lowest BCUT2D eigenvalue weighted by molar-refractivity contribution is -0.149. The Balaban J connectivity index is 1.66. The monoisotopic (exact) mass is 273 g/mol. The minimum atomic E-state index is -0.808. The highest BCUT2D eigenvalue weighted by molar-refractivity contribution is 5.86. The first-order valence-corrected chi connectivity index (χ1v) is 7.21. The van der Waals surface area contributed by atoms with Gasteiger partial charge in [-0.1, -0.05) is 30.3 Å². The van der Waals surface area contributed by atoms with Crippen LogP contribution in [0.4, 0.5) is 0 Å². The Labute approximate surface area is 118 Å². The molecule has 20 heavy (non-hydrogen) atoms. The van der Waals surface area contributed by atoms with Gasteiger partial charge in [0, 0.05) is 6.54 Å². The molecule has 4 nitrogen and oxygen atoms in total. The molecule has 0 unspecified atom stereocenters. The normalized spacial score (nSPS) is 31.2.